The lowest BCUT2D eigenvalue weighted by molar-refractivity contribution is 0.0925. The van der Waals surface area contributed by atoms with Gasteiger partial charge in [-0.25, -0.2) is 13.7 Å². The van der Waals surface area contributed by atoms with E-state index in [1.54, 1.807) is 12.1 Å². The smallest absolute Gasteiger partial charge is 0.266 e. The zero-order chi connectivity index (χ0) is 40.9. The molecule has 3 aliphatic rings. The van der Waals surface area contributed by atoms with Crippen molar-refractivity contribution in [2.24, 2.45) is 0 Å². The van der Waals surface area contributed by atoms with Crippen LogP contribution in [0.2, 0.25) is 10.0 Å². The predicted octanol–water partition coefficient (Wildman–Crippen LogP) is 11.8. The van der Waals surface area contributed by atoms with Crippen molar-refractivity contribution in [2.75, 3.05) is 10.6 Å². The van der Waals surface area contributed by atoms with E-state index in [2.05, 4.69) is 13.8 Å². The molecule has 0 aromatic heterocycles. The largest absolute Gasteiger partial charge is 0.486 e. The third-order valence-electron chi connectivity index (χ3n) is 11.9. The van der Waals surface area contributed by atoms with Gasteiger partial charge in [0, 0.05) is 16.8 Å². The van der Waals surface area contributed by atoms with Gasteiger partial charge in [0.1, 0.15) is 34.3 Å². The van der Waals surface area contributed by atoms with Gasteiger partial charge in [-0.2, -0.15) is 0 Å². The van der Waals surface area contributed by atoms with Crippen LogP contribution in [-0.2, 0) is 0 Å². The van der Waals surface area contributed by atoms with E-state index in [9.17, 15) is 18.4 Å². The van der Waals surface area contributed by atoms with Crippen LogP contribution in [0, 0.1) is 53.2 Å². The van der Waals surface area contributed by atoms with Gasteiger partial charge in [0.05, 0.1) is 38.7 Å². The summed E-state index contributed by atoms with van der Waals surface area (Å²) in [5, 5.41) is 0.432. The van der Waals surface area contributed by atoms with Crippen LogP contribution in [0.1, 0.15) is 116 Å². The van der Waals surface area contributed by atoms with Crippen LogP contribution in [0.4, 0.5) is 20.2 Å². The van der Waals surface area contributed by atoms with Crippen LogP contribution in [0.3, 0.4) is 0 Å². The van der Waals surface area contributed by atoms with Gasteiger partial charge in [0.25, 0.3) is 11.8 Å². The number of ether oxygens (including phenoxy) is 2. The quantitative estimate of drug-likeness (QED) is 0.145. The Kier molecular flexibility index (Phi) is 9.57. The number of anilines is 2. The van der Waals surface area contributed by atoms with Gasteiger partial charge in [-0.05, 0) is 150 Å². The van der Waals surface area contributed by atoms with E-state index in [1.165, 1.54) is 41.3 Å². The van der Waals surface area contributed by atoms with Crippen LogP contribution in [0.25, 0.3) is 0 Å². The number of benzene rings is 5. The number of carbonyl (C=O) groups is 2. The lowest BCUT2D eigenvalue weighted by atomic mass is 9.78. The normalized spacial score (nSPS) is 18.5. The molecular weight excluding hydrogens is 753 g/mol. The van der Waals surface area contributed by atoms with Gasteiger partial charge in [-0.1, -0.05) is 47.5 Å². The van der Waals surface area contributed by atoms with Gasteiger partial charge in [0.15, 0.2) is 0 Å². The Morgan fingerprint density at radius 3 is 1.38 bits per heavy atom. The maximum atomic E-state index is 13.7. The first kappa shape index (κ1) is 39.3. The topological polar surface area (TPSA) is 81.9 Å². The third kappa shape index (κ3) is 6.04. The fraction of sp³-hybridized carbons (Fsp3) is 0.304. The highest BCUT2D eigenvalue weighted by molar-refractivity contribution is 6.44. The van der Waals surface area contributed by atoms with Crippen LogP contribution < -0.4 is 20.1 Å². The molecule has 0 saturated heterocycles. The van der Waals surface area contributed by atoms with E-state index in [0.717, 1.165) is 72.8 Å². The second kappa shape index (κ2) is 13.6. The van der Waals surface area contributed by atoms with Crippen LogP contribution in [0.15, 0.2) is 60.7 Å². The highest BCUT2D eigenvalue weighted by Crippen LogP contribution is 2.55. The molecule has 56 heavy (non-hydrogen) atoms. The molecule has 0 aliphatic carbocycles. The SMILES string of the molecule is Cc1c(C)c(N2C(=O)c3cc(Cl)c(Cl)cc3C2=O)c(C)c2c1OC(C)(C)C2c1ccc(F)cc1.Cc1c(C)c2c(c(C)c1N)C(c1ccc(F)cc1)C(C)(C)O2. The number of nitrogens with two attached hydrogens (primary N) is 1. The van der Waals surface area contributed by atoms with Crippen LogP contribution in [-0.4, -0.2) is 23.0 Å². The molecule has 10 heteroatoms. The molecule has 2 N–H and O–H groups in total. The average molecular weight is 798 g/mol. The number of fused-ring (bicyclic) bond motifs is 3. The molecule has 0 spiro atoms. The first-order valence-corrected chi connectivity index (χ1v) is 19.2. The first-order valence-electron chi connectivity index (χ1n) is 18.5. The summed E-state index contributed by atoms with van der Waals surface area (Å²) in [6.07, 6.45) is 0. The van der Waals surface area contributed by atoms with Crippen molar-refractivity contribution in [3.63, 3.8) is 0 Å². The van der Waals surface area contributed by atoms with E-state index in [1.807, 2.05) is 67.5 Å². The van der Waals surface area contributed by atoms with E-state index in [4.69, 9.17) is 38.4 Å². The molecule has 0 radical (unpaired) electrons. The molecule has 5 aromatic rings. The van der Waals surface area contributed by atoms with Gasteiger partial charge in [-0.15, -0.1) is 0 Å². The molecule has 0 saturated carbocycles. The lowest BCUT2D eigenvalue weighted by Crippen LogP contribution is -2.32. The van der Waals surface area contributed by atoms with Crippen molar-refractivity contribution in [3.8, 4) is 11.5 Å². The minimum atomic E-state index is -0.621. The number of hydrogen-bond donors (Lipinski definition) is 1. The summed E-state index contributed by atoms with van der Waals surface area (Å²) in [5.74, 6) is 0.0639. The number of imide groups is 1. The average Bonchev–Trinajstić information content (AvgIpc) is 3.69. The molecule has 0 bridgehead atoms. The highest BCUT2D eigenvalue weighted by Gasteiger charge is 2.48. The molecule has 3 heterocycles. The Morgan fingerprint density at radius 1 is 0.589 bits per heavy atom. The Balaban J connectivity index is 0.000000189. The summed E-state index contributed by atoms with van der Waals surface area (Å²) in [6.45, 7) is 19.9. The number of rotatable bonds is 3. The van der Waals surface area contributed by atoms with E-state index in [-0.39, 0.29) is 44.6 Å². The third-order valence-corrected chi connectivity index (χ3v) is 12.6. The maximum Gasteiger partial charge on any atom is 0.266 e. The van der Waals surface area contributed by atoms with E-state index >= 15 is 0 Å². The summed E-state index contributed by atoms with van der Waals surface area (Å²) in [5.41, 5.74) is 16.7. The Hall–Kier alpha value is -4.92. The molecule has 2 amide bonds. The molecule has 290 valence electrons. The number of nitrogen functional groups attached to an aromatic ring is 1. The predicted molar refractivity (Wildman–Crippen MR) is 219 cm³/mol. The van der Waals surface area contributed by atoms with Gasteiger partial charge < -0.3 is 15.2 Å². The number of amides is 2. The fourth-order valence-electron chi connectivity index (χ4n) is 8.82. The van der Waals surface area contributed by atoms with Crippen molar-refractivity contribution in [3.05, 3.63) is 149 Å². The fourth-order valence-corrected chi connectivity index (χ4v) is 9.14. The van der Waals surface area contributed by atoms with Crippen molar-refractivity contribution < 1.29 is 27.8 Å². The first-order chi connectivity index (χ1) is 26.2. The van der Waals surface area contributed by atoms with Crippen LogP contribution in [0.5, 0.6) is 11.5 Å². The Morgan fingerprint density at radius 2 is 0.964 bits per heavy atom. The number of nitrogens with zero attached hydrogens (tertiary/aromatic N) is 1. The summed E-state index contributed by atoms with van der Waals surface area (Å²) in [6, 6.07) is 15.9. The standard InChI is InChI=1S/C27H22Cl2FNO3.C19H22FNO/c1-12-13(2)24-21(22(27(4,5)34-24)15-6-8-16(30)9-7-15)14(3)23(12)31-25(32)17-10-19(28)20(29)11-18(17)26(31)33;1-10-11(2)18-15(12(3)17(10)21)16(19(4,5)22-18)13-6-8-14(20)9-7-13/h6-11,22H,1-5H3;6-9,16H,21H2,1-5H3. The van der Waals surface area contributed by atoms with Gasteiger partial charge in [-0.3, -0.25) is 9.59 Å². The molecular formula is C46H44Cl2F2N2O4. The summed E-state index contributed by atoms with van der Waals surface area (Å²) in [7, 11) is 0. The maximum absolute atomic E-state index is 13.7. The molecule has 3 aliphatic heterocycles. The number of halogens is 4. The summed E-state index contributed by atoms with van der Waals surface area (Å²) in [4.78, 5) is 28.1. The Labute approximate surface area is 336 Å². The molecule has 6 nitrogen and oxygen atoms in total. The van der Waals surface area contributed by atoms with E-state index in [0.29, 0.717) is 5.69 Å². The molecule has 2 atom stereocenters. The van der Waals surface area contributed by atoms with Gasteiger partial charge in [0.2, 0.25) is 0 Å². The van der Waals surface area contributed by atoms with Crippen molar-refractivity contribution in [1.29, 1.82) is 0 Å². The molecule has 0 fully saturated rings. The molecule has 8 rings (SSSR count). The number of hydrogen-bond acceptors (Lipinski definition) is 5. The monoisotopic (exact) mass is 796 g/mol. The van der Waals surface area contributed by atoms with Gasteiger partial charge >= 0.3 is 0 Å². The Bertz CT molecular complexity index is 2450. The molecule has 5 aromatic carbocycles. The summed E-state index contributed by atoms with van der Waals surface area (Å²) < 4.78 is 39.7. The van der Waals surface area contributed by atoms with E-state index < -0.39 is 23.0 Å². The zero-order valence-electron chi connectivity index (χ0n) is 33.1. The van der Waals surface area contributed by atoms with Crippen molar-refractivity contribution >= 4 is 46.4 Å². The second-order valence-electron chi connectivity index (χ2n) is 16.1. The molecule has 2 unspecified atom stereocenters. The number of carbonyl (C=O) groups excluding carboxylic acids is 2. The van der Waals surface area contributed by atoms with Crippen molar-refractivity contribution in [2.45, 2.75) is 92.3 Å². The van der Waals surface area contributed by atoms with Crippen molar-refractivity contribution in [1.82, 2.24) is 0 Å². The minimum absolute atomic E-state index is 0.0460. The minimum Gasteiger partial charge on any atom is -0.486 e. The second-order valence-corrected chi connectivity index (χ2v) is 17.0. The summed E-state index contributed by atoms with van der Waals surface area (Å²) >= 11 is 12.3. The highest BCUT2D eigenvalue weighted by atomic mass is 35.5. The zero-order valence-corrected chi connectivity index (χ0v) is 34.6. The van der Waals surface area contributed by atoms with Crippen LogP contribution >= 0.6 is 23.2 Å². The lowest BCUT2D eigenvalue weighted by Gasteiger charge is -2.28.